The van der Waals surface area contributed by atoms with Gasteiger partial charge in [0.1, 0.15) is 0 Å². The second-order valence-electron chi connectivity index (χ2n) is 4.81. The van der Waals surface area contributed by atoms with Crippen LogP contribution >= 0.6 is 0 Å². The van der Waals surface area contributed by atoms with Crippen molar-refractivity contribution in [2.45, 2.75) is 12.8 Å². The molecule has 1 fully saturated rings. The highest BCUT2D eigenvalue weighted by Gasteiger charge is 2.30. The smallest absolute Gasteiger partial charge is 0.337 e. The monoisotopic (exact) mass is 246 g/mol. The maximum Gasteiger partial charge on any atom is 0.337 e. The van der Waals surface area contributed by atoms with Gasteiger partial charge in [0.15, 0.2) is 0 Å². The van der Waals surface area contributed by atoms with E-state index in [4.69, 9.17) is 5.11 Å². The molecule has 0 radical (unpaired) electrons. The quantitative estimate of drug-likeness (QED) is 0.830. The summed E-state index contributed by atoms with van der Waals surface area (Å²) in [6, 6.07) is 7.32. The van der Waals surface area contributed by atoms with Gasteiger partial charge in [-0.3, -0.25) is 0 Å². The van der Waals surface area contributed by atoms with Gasteiger partial charge in [0.25, 0.3) is 0 Å². The lowest BCUT2D eigenvalue weighted by atomic mass is 9.70. The van der Waals surface area contributed by atoms with E-state index in [9.17, 15) is 4.79 Å². The van der Waals surface area contributed by atoms with Crippen molar-refractivity contribution in [3.63, 3.8) is 0 Å². The molecule has 0 aromatic heterocycles. The van der Waals surface area contributed by atoms with Crippen LogP contribution in [0.1, 0.15) is 28.8 Å². The van der Waals surface area contributed by atoms with Crippen LogP contribution in [0.25, 0.3) is 5.57 Å². The summed E-state index contributed by atoms with van der Waals surface area (Å²) >= 11 is 0. The van der Waals surface area contributed by atoms with Crippen LogP contribution in [-0.2, 0) is 4.74 Å². The molecule has 0 heterocycles. The number of allylic oxidation sites excluding steroid dienone is 1. The first-order valence-corrected chi connectivity index (χ1v) is 6.14. The van der Waals surface area contributed by atoms with Crippen LogP contribution in [0.3, 0.4) is 0 Å². The van der Waals surface area contributed by atoms with E-state index < -0.39 is 0 Å². The molecule has 3 heteroatoms. The Morgan fingerprint density at radius 1 is 1.33 bits per heavy atom. The van der Waals surface area contributed by atoms with Gasteiger partial charge in [0.2, 0.25) is 0 Å². The Bertz CT molecular complexity index is 441. The zero-order chi connectivity index (χ0) is 13.1. The normalized spacial score (nSPS) is 22.1. The second-order valence-corrected chi connectivity index (χ2v) is 4.81. The molecule has 3 nitrogen and oxygen atoms in total. The Hall–Kier alpha value is -1.61. The number of esters is 1. The maximum absolute atomic E-state index is 11.3. The van der Waals surface area contributed by atoms with Gasteiger partial charge in [-0.2, -0.15) is 0 Å². The third-order valence-corrected chi connectivity index (χ3v) is 3.66. The lowest BCUT2D eigenvalue weighted by Gasteiger charge is -2.35. The van der Waals surface area contributed by atoms with Crippen molar-refractivity contribution in [2.75, 3.05) is 13.7 Å². The SMILES string of the molecule is C=C(c1ccc(C(=O)OC)cc1)C1CC(CO)C1. The lowest BCUT2D eigenvalue weighted by molar-refractivity contribution is 0.0600. The third kappa shape index (κ3) is 2.46. The summed E-state index contributed by atoms with van der Waals surface area (Å²) in [6.45, 7) is 4.38. The Balaban J connectivity index is 2.02. The van der Waals surface area contributed by atoms with E-state index in [1.54, 1.807) is 12.1 Å². The Labute approximate surface area is 107 Å². The number of rotatable bonds is 4. The third-order valence-electron chi connectivity index (χ3n) is 3.66. The average molecular weight is 246 g/mol. The number of carbonyl (C=O) groups is 1. The maximum atomic E-state index is 11.3. The Morgan fingerprint density at radius 3 is 2.39 bits per heavy atom. The van der Waals surface area contributed by atoms with Crippen LogP contribution in [0.4, 0.5) is 0 Å². The molecule has 18 heavy (non-hydrogen) atoms. The van der Waals surface area contributed by atoms with Gasteiger partial charge in [-0.15, -0.1) is 0 Å². The molecule has 96 valence electrons. The molecule has 1 N–H and O–H groups in total. The topological polar surface area (TPSA) is 46.5 Å². The van der Waals surface area contributed by atoms with Crippen LogP contribution in [-0.4, -0.2) is 24.8 Å². The van der Waals surface area contributed by atoms with Crippen molar-refractivity contribution in [3.8, 4) is 0 Å². The Kier molecular flexibility index (Phi) is 3.82. The number of carbonyl (C=O) groups excluding carboxylic acids is 1. The van der Waals surface area contributed by atoms with Gasteiger partial charge in [0, 0.05) is 6.61 Å². The molecule has 0 spiro atoms. The molecule has 0 atom stereocenters. The first-order valence-electron chi connectivity index (χ1n) is 6.14. The lowest BCUT2D eigenvalue weighted by Crippen LogP contribution is -2.27. The van der Waals surface area contributed by atoms with E-state index in [1.165, 1.54) is 7.11 Å². The van der Waals surface area contributed by atoms with Gasteiger partial charge < -0.3 is 9.84 Å². The molecule has 0 unspecified atom stereocenters. The zero-order valence-corrected chi connectivity index (χ0v) is 10.6. The molecule has 1 aliphatic rings. The van der Waals surface area contributed by atoms with Crippen LogP contribution in [0, 0.1) is 11.8 Å². The van der Waals surface area contributed by atoms with E-state index in [2.05, 4.69) is 11.3 Å². The first kappa shape index (κ1) is 12.8. The van der Waals surface area contributed by atoms with Crippen LogP contribution in [0.2, 0.25) is 0 Å². The standard InChI is InChI=1S/C15H18O3/c1-10(14-7-11(8-14)9-16)12-3-5-13(6-4-12)15(17)18-2/h3-6,11,14,16H,1,7-9H2,2H3. The predicted octanol–water partition coefficient (Wildman–Crippen LogP) is 2.50. The summed E-state index contributed by atoms with van der Waals surface area (Å²) in [6.07, 6.45) is 2.02. The zero-order valence-electron chi connectivity index (χ0n) is 10.6. The highest BCUT2D eigenvalue weighted by molar-refractivity contribution is 5.89. The molecule has 1 aromatic carbocycles. The van der Waals surface area contributed by atoms with Gasteiger partial charge >= 0.3 is 5.97 Å². The minimum absolute atomic E-state index is 0.269. The summed E-state index contributed by atoms with van der Waals surface area (Å²) in [5.41, 5.74) is 2.70. The van der Waals surface area contributed by atoms with Gasteiger partial charge in [-0.25, -0.2) is 4.79 Å². The average Bonchev–Trinajstić information content (AvgIpc) is 2.36. The van der Waals surface area contributed by atoms with E-state index in [0.29, 0.717) is 17.4 Å². The van der Waals surface area contributed by atoms with E-state index >= 15 is 0 Å². The van der Waals surface area contributed by atoms with Gasteiger partial charge in [-0.1, -0.05) is 18.7 Å². The molecule has 0 bridgehead atoms. The predicted molar refractivity (Wildman–Crippen MR) is 70.1 cm³/mol. The number of aliphatic hydroxyl groups excluding tert-OH is 1. The Morgan fingerprint density at radius 2 is 1.89 bits per heavy atom. The fourth-order valence-electron chi connectivity index (χ4n) is 2.34. The summed E-state index contributed by atoms with van der Waals surface area (Å²) in [5, 5.41) is 9.00. The molecule has 2 rings (SSSR count). The number of hydrogen-bond donors (Lipinski definition) is 1. The summed E-state index contributed by atoms with van der Waals surface area (Å²) in [4.78, 5) is 11.3. The van der Waals surface area contributed by atoms with Crippen molar-refractivity contribution in [1.82, 2.24) is 0 Å². The summed E-state index contributed by atoms with van der Waals surface area (Å²) < 4.78 is 4.66. The van der Waals surface area contributed by atoms with Gasteiger partial charge in [0.05, 0.1) is 12.7 Å². The number of methoxy groups -OCH3 is 1. The number of ether oxygens (including phenoxy) is 1. The summed E-state index contributed by atoms with van der Waals surface area (Å²) in [7, 11) is 1.37. The van der Waals surface area contributed by atoms with Crippen LogP contribution in [0.15, 0.2) is 30.8 Å². The van der Waals surface area contributed by atoms with E-state index in [1.807, 2.05) is 12.1 Å². The fraction of sp³-hybridized carbons (Fsp3) is 0.400. The van der Waals surface area contributed by atoms with Crippen molar-refractivity contribution in [1.29, 1.82) is 0 Å². The number of hydrogen-bond acceptors (Lipinski definition) is 3. The van der Waals surface area contributed by atoms with Crippen molar-refractivity contribution < 1.29 is 14.6 Å². The minimum Gasteiger partial charge on any atom is -0.465 e. The first-order chi connectivity index (χ1) is 8.65. The molecule has 0 aliphatic heterocycles. The number of benzene rings is 1. The fourth-order valence-corrected chi connectivity index (χ4v) is 2.34. The van der Waals surface area contributed by atoms with Crippen LogP contribution < -0.4 is 0 Å². The van der Waals surface area contributed by atoms with Crippen molar-refractivity contribution >= 4 is 11.5 Å². The summed E-state index contributed by atoms with van der Waals surface area (Å²) in [5.74, 6) is 0.573. The highest BCUT2D eigenvalue weighted by atomic mass is 16.5. The largest absolute Gasteiger partial charge is 0.465 e. The highest BCUT2D eigenvalue weighted by Crippen LogP contribution is 2.41. The van der Waals surface area contributed by atoms with Crippen LogP contribution in [0.5, 0.6) is 0 Å². The molecule has 1 aromatic rings. The van der Waals surface area contributed by atoms with E-state index in [0.717, 1.165) is 24.0 Å². The molecule has 0 saturated heterocycles. The number of aliphatic hydroxyl groups is 1. The second kappa shape index (κ2) is 5.36. The van der Waals surface area contributed by atoms with Crippen molar-refractivity contribution in [2.24, 2.45) is 11.8 Å². The molecular formula is C15H18O3. The minimum atomic E-state index is -0.323. The van der Waals surface area contributed by atoms with E-state index in [-0.39, 0.29) is 12.6 Å². The van der Waals surface area contributed by atoms with Gasteiger partial charge in [-0.05, 0) is 47.9 Å². The molecule has 1 aliphatic carbocycles. The van der Waals surface area contributed by atoms with Crippen molar-refractivity contribution in [3.05, 3.63) is 42.0 Å². The molecule has 1 saturated carbocycles. The molecular weight excluding hydrogens is 228 g/mol. The molecule has 0 amide bonds.